The van der Waals surface area contributed by atoms with Crippen molar-refractivity contribution in [3.63, 3.8) is 0 Å². The number of H-pyrrole nitrogens is 1. The van der Waals surface area contributed by atoms with Crippen LogP contribution in [-0.4, -0.2) is 29.7 Å². The maximum atomic E-state index is 11.7. The summed E-state index contributed by atoms with van der Waals surface area (Å²) in [4.78, 5) is 27.4. The van der Waals surface area contributed by atoms with E-state index >= 15 is 0 Å². The molecule has 5 rings (SSSR count). The van der Waals surface area contributed by atoms with Gasteiger partial charge in [0.1, 0.15) is 11.6 Å². The van der Waals surface area contributed by atoms with E-state index in [1.807, 2.05) is 65.5 Å². The standard InChI is InChI=1S/C25H21N7O/c1-17-13-23(33)30-25(29-17)19-7-8-22(27-14-19)28-15-20-16-32(21-5-3-2-4-6-21)31-24(20)18-9-11-26-12-10-18/h2-14,16H,15H2,1H3,(H,27,28)(H,29,30,33). The molecule has 0 aliphatic heterocycles. The highest BCUT2D eigenvalue weighted by Crippen LogP contribution is 2.24. The summed E-state index contributed by atoms with van der Waals surface area (Å²) in [5.41, 5.74) is 5.12. The van der Waals surface area contributed by atoms with Crippen molar-refractivity contribution in [1.82, 2.24) is 29.7 Å². The number of nitrogens with one attached hydrogen (secondary N) is 2. The van der Waals surface area contributed by atoms with Crippen LogP contribution < -0.4 is 10.9 Å². The van der Waals surface area contributed by atoms with Crippen LogP contribution in [0.4, 0.5) is 5.82 Å². The molecule has 0 unspecified atom stereocenters. The van der Waals surface area contributed by atoms with Crippen LogP contribution in [0.2, 0.25) is 0 Å². The van der Waals surface area contributed by atoms with E-state index in [9.17, 15) is 4.79 Å². The summed E-state index contributed by atoms with van der Waals surface area (Å²) < 4.78 is 1.88. The lowest BCUT2D eigenvalue weighted by molar-refractivity contribution is 0.883. The van der Waals surface area contributed by atoms with Crippen molar-refractivity contribution in [1.29, 1.82) is 0 Å². The fourth-order valence-electron chi connectivity index (χ4n) is 3.54. The largest absolute Gasteiger partial charge is 0.366 e. The summed E-state index contributed by atoms with van der Waals surface area (Å²) in [6.07, 6.45) is 7.24. The predicted molar refractivity (Wildman–Crippen MR) is 127 cm³/mol. The van der Waals surface area contributed by atoms with Crippen molar-refractivity contribution in [3.8, 4) is 28.3 Å². The first-order valence-electron chi connectivity index (χ1n) is 10.5. The zero-order valence-corrected chi connectivity index (χ0v) is 17.9. The number of hydrogen-bond acceptors (Lipinski definition) is 6. The Labute approximate surface area is 190 Å². The molecule has 4 aromatic heterocycles. The van der Waals surface area contributed by atoms with Gasteiger partial charge in [-0.15, -0.1) is 0 Å². The fraction of sp³-hybridized carbons (Fsp3) is 0.0800. The zero-order valence-electron chi connectivity index (χ0n) is 17.9. The van der Waals surface area contributed by atoms with Gasteiger partial charge in [0, 0.05) is 59.8 Å². The van der Waals surface area contributed by atoms with Gasteiger partial charge in [0.2, 0.25) is 0 Å². The quantitative estimate of drug-likeness (QED) is 0.418. The minimum absolute atomic E-state index is 0.182. The van der Waals surface area contributed by atoms with Gasteiger partial charge in [0.15, 0.2) is 0 Å². The second kappa shape index (κ2) is 8.88. The maximum absolute atomic E-state index is 11.7. The van der Waals surface area contributed by atoms with E-state index in [0.29, 0.717) is 23.9 Å². The van der Waals surface area contributed by atoms with E-state index in [0.717, 1.165) is 28.1 Å². The van der Waals surface area contributed by atoms with E-state index in [4.69, 9.17) is 5.10 Å². The lowest BCUT2D eigenvalue weighted by atomic mass is 10.1. The van der Waals surface area contributed by atoms with E-state index in [-0.39, 0.29) is 5.56 Å². The normalized spacial score (nSPS) is 10.8. The first-order chi connectivity index (χ1) is 16.2. The molecule has 4 heterocycles. The lowest BCUT2D eigenvalue weighted by Gasteiger charge is -2.07. The van der Waals surface area contributed by atoms with Crippen LogP contribution in [0.15, 0.2) is 90.2 Å². The molecule has 2 N–H and O–H groups in total. The lowest BCUT2D eigenvalue weighted by Crippen LogP contribution is -2.08. The highest BCUT2D eigenvalue weighted by molar-refractivity contribution is 5.63. The number of para-hydroxylation sites is 1. The molecule has 0 spiro atoms. The average molecular weight is 435 g/mol. The van der Waals surface area contributed by atoms with Gasteiger partial charge in [-0.3, -0.25) is 9.78 Å². The molecule has 0 saturated heterocycles. The van der Waals surface area contributed by atoms with Crippen LogP contribution in [0.5, 0.6) is 0 Å². The second-order valence-corrected chi connectivity index (χ2v) is 7.54. The van der Waals surface area contributed by atoms with Gasteiger partial charge in [0.05, 0.1) is 11.4 Å². The molecule has 0 bridgehead atoms. The van der Waals surface area contributed by atoms with Gasteiger partial charge in [-0.25, -0.2) is 14.6 Å². The Kier molecular flexibility index (Phi) is 5.47. The van der Waals surface area contributed by atoms with Crippen molar-refractivity contribution in [2.75, 3.05) is 5.32 Å². The molecular formula is C25H21N7O. The summed E-state index contributed by atoms with van der Waals surface area (Å²) in [6, 6.07) is 19.1. The Morgan fingerprint density at radius 3 is 2.55 bits per heavy atom. The summed E-state index contributed by atoms with van der Waals surface area (Å²) in [7, 11) is 0. The molecule has 162 valence electrons. The van der Waals surface area contributed by atoms with Gasteiger partial charge in [-0.2, -0.15) is 5.10 Å². The van der Waals surface area contributed by atoms with Crippen LogP contribution in [0.3, 0.4) is 0 Å². The fourth-order valence-corrected chi connectivity index (χ4v) is 3.54. The number of pyridine rings is 2. The number of aromatic nitrogens is 6. The molecule has 5 aromatic rings. The number of nitrogens with zero attached hydrogens (tertiary/aromatic N) is 5. The van der Waals surface area contributed by atoms with Crippen molar-refractivity contribution in [3.05, 3.63) is 107 Å². The Morgan fingerprint density at radius 1 is 1.00 bits per heavy atom. The van der Waals surface area contributed by atoms with Crippen molar-refractivity contribution < 1.29 is 0 Å². The first kappa shape index (κ1) is 20.3. The number of aromatic amines is 1. The monoisotopic (exact) mass is 435 g/mol. The van der Waals surface area contributed by atoms with E-state index in [1.165, 1.54) is 6.07 Å². The molecule has 8 heteroatoms. The van der Waals surface area contributed by atoms with Crippen molar-refractivity contribution in [2.45, 2.75) is 13.5 Å². The van der Waals surface area contributed by atoms with Crippen LogP contribution in [-0.2, 0) is 6.54 Å². The number of anilines is 1. The molecule has 1 aromatic carbocycles. The minimum atomic E-state index is -0.182. The zero-order chi connectivity index (χ0) is 22.6. The number of benzene rings is 1. The maximum Gasteiger partial charge on any atom is 0.251 e. The van der Waals surface area contributed by atoms with Crippen LogP contribution >= 0.6 is 0 Å². The molecule has 0 radical (unpaired) electrons. The molecule has 33 heavy (non-hydrogen) atoms. The van der Waals surface area contributed by atoms with Gasteiger partial charge >= 0.3 is 0 Å². The third kappa shape index (κ3) is 4.54. The SMILES string of the molecule is Cc1cc(=O)[nH]c(-c2ccc(NCc3cn(-c4ccccc4)nc3-c3ccncc3)nc2)n1. The summed E-state index contributed by atoms with van der Waals surface area (Å²) in [5, 5.41) is 8.18. The molecule has 0 amide bonds. The Morgan fingerprint density at radius 2 is 1.82 bits per heavy atom. The van der Waals surface area contributed by atoms with Crippen LogP contribution in [0.1, 0.15) is 11.3 Å². The Bertz CT molecular complexity index is 1430. The van der Waals surface area contributed by atoms with Crippen molar-refractivity contribution in [2.24, 2.45) is 0 Å². The molecule has 0 aliphatic carbocycles. The highest BCUT2D eigenvalue weighted by atomic mass is 16.1. The second-order valence-electron chi connectivity index (χ2n) is 7.54. The van der Waals surface area contributed by atoms with E-state index in [1.54, 1.807) is 25.5 Å². The van der Waals surface area contributed by atoms with Crippen LogP contribution in [0, 0.1) is 6.92 Å². The average Bonchev–Trinajstić information content (AvgIpc) is 3.28. The first-order valence-corrected chi connectivity index (χ1v) is 10.5. The van der Waals surface area contributed by atoms with Crippen LogP contribution in [0.25, 0.3) is 28.3 Å². The third-order valence-electron chi connectivity index (χ3n) is 5.13. The third-order valence-corrected chi connectivity index (χ3v) is 5.13. The Hall–Kier alpha value is -4.59. The molecule has 0 saturated carbocycles. The highest BCUT2D eigenvalue weighted by Gasteiger charge is 2.13. The van der Waals surface area contributed by atoms with Gasteiger partial charge in [-0.05, 0) is 43.3 Å². The molecule has 0 atom stereocenters. The molecule has 0 aliphatic rings. The van der Waals surface area contributed by atoms with Gasteiger partial charge in [0.25, 0.3) is 5.56 Å². The topological polar surface area (TPSA) is 101 Å². The van der Waals surface area contributed by atoms with Gasteiger partial charge < -0.3 is 10.3 Å². The number of aryl methyl sites for hydroxylation is 1. The molecule has 0 fully saturated rings. The summed E-state index contributed by atoms with van der Waals surface area (Å²) in [6.45, 7) is 2.33. The minimum Gasteiger partial charge on any atom is -0.366 e. The summed E-state index contributed by atoms with van der Waals surface area (Å²) in [5.74, 6) is 1.21. The smallest absolute Gasteiger partial charge is 0.251 e. The Balaban J connectivity index is 1.40. The predicted octanol–water partition coefficient (Wildman–Crippen LogP) is 4.00. The summed E-state index contributed by atoms with van der Waals surface area (Å²) >= 11 is 0. The van der Waals surface area contributed by atoms with Crippen molar-refractivity contribution >= 4 is 5.82 Å². The van der Waals surface area contributed by atoms with E-state index < -0.39 is 0 Å². The van der Waals surface area contributed by atoms with E-state index in [2.05, 4.69) is 25.3 Å². The molecular weight excluding hydrogens is 414 g/mol. The number of rotatable bonds is 6. The molecule has 8 nitrogen and oxygen atoms in total. The van der Waals surface area contributed by atoms with Gasteiger partial charge in [-0.1, -0.05) is 18.2 Å². The number of hydrogen-bond donors (Lipinski definition) is 2.